The Morgan fingerprint density at radius 3 is 3.26 bits per heavy atom. The molecule has 3 heterocycles. The minimum atomic E-state index is -0.685. The van der Waals surface area contributed by atoms with Crippen LogP contribution in [0.3, 0.4) is 0 Å². The summed E-state index contributed by atoms with van der Waals surface area (Å²) in [7, 11) is 0. The molecule has 0 unspecified atom stereocenters. The van der Waals surface area contributed by atoms with Gasteiger partial charge < -0.3 is 20.3 Å². The lowest BCUT2D eigenvalue weighted by molar-refractivity contribution is -0.245. The van der Waals surface area contributed by atoms with Gasteiger partial charge in [-0.25, -0.2) is 4.98 Å². The number of hydrogen-bond donors (Lipinski definition) is 3. The molecular weight excluding hydrogens is 254 g/mol. The minimum Gasteiger partial charge on any atom is -0.391 e. The molecule has 0 radical (unpaired) electrons. The van der Waals surface area contributed by atoms with Gasteiger partial charge in [0, 0.05) is 6.42 Å². The van der Waals surface area contributed by atoms with Gasteiger partial charge in [0.15, 0.2) is 17.5 Å². The summed E-state index contributed by atoms with van der Waals surface area (Å²) in [4.78, 5) is 22.1. The molecule has 0 aliphatic carbocycles. The number of nitrogen functional groups attached to an aromatic ring is 1. The second-order valence-electron chi connectivity index (χ2n) is 4.14. The van der Waals surface area contributed by atoms with Crippen LogP contribution in [0.2, 0.25) is 0 Å². The number of anilines is 1. The topological polar surface area (TPSA) is 128 Å². The maximum atomic E-state index is 11.7. The first-order valence-corrected chi connectivity index (χ1v) is 5.79. The number of nitrogens with zero attached hydrogens (tertiary/aromatic N) is 3. The summed E-state index contributed by atoms with van der Waals surface area (Å²) in [6.45, 7) is 0.202. The Hall–Kier alpha value is -1.97. The molecular formula is C10H13N5O4. The number of aromatic nitrogens is 4. The zero-order chi connectivity index (χ0) is 13.4. The van der Waals surface area contributed by atoms with Crippen LogP contribution in [0, 0.1) is 0 Å². The first-order valence-electron chi connectivity index (χ1n) is 5.79. The van der Waals surface area contributed by atoms with Gasteiger partial charge in [0.2, 0.25) is 5.95 Å². The smallest absolute Gasteiger partial charge is 0.280 e. The molecule has 0 aromatic carbocycles. The minimum absolute atomic E-state index is 0.0185. The molecule has 2 atom stereocenters. The molecule has 0 spiro atoms. The number of nitrogens with two attached hydrogens (primary N) is 1. The number of H-pyrrole nitrogens is 1. The van der Waals surface area contributed by atoms with Crippen molar-refractivity contribution in [3.63, 3.8) is 0 Å². The lowest BCUT2D eigenvalue weighted by atomic mass is 10.3. The Bertz CT molecular complexity index is 651. The number of imidazole rings is 1. The van der Waals surface area contributed by atoms with E-state index in [1.165, 1.54) is 6.33 Å². The van der Waals surface area contributed by atoms with E-state index in [1.54, 1.807) is 4.57 Å². The molecule has 4 N–H and O–H groups in total. The summed E-state index contributed by atoms with van der Waals surface area (Å²) < 4.78 is 12.3. The van der Waals surface area contributed by atoms with Crippen molar-refractivity contribution in [1.82, 2.24) is 19.5 Å². The van der Waals surface area contributed by atoms with Crippen molar-refractivity contribution in [2.24, 2.45) is 0 Å². The maximum Gasteiger partial charge on any atom is 0.280 e. The van der Waals surface area contributed by atoms with Crippen molar-refractivity contribution in [2.75, 3.05) is 18.9 Å². The van der Waals surface area contributed by atoms with Crippen LogP contribution in [0.15, 0.2) is 11.1 Å². The number of hydrogen-bond acceptors (Lipinski definition) is 7. The normalized spacial score (nSPS) is 23.8. The second kappa shape index (κ2) is 4.61. The van der Waals surface area contributed by atoms with E-state index in [-0.39, 0.29) is 18.1 Å². The van der Waals surface area contributed by atoms with Crippen LogP contribution in [0.5, 0.6) is 0 Å². The van der Waals surface area contributed by atoms with E-state index in [1.807, 2.05) is 0 Å². The number of aliphatic hydroxyl groups excluding tert-OH is 1. The summed E-state index contributed by atoms with van der Waals surface area (Å²) >= 11 is 0. The summed E-state index contributed by atoms with van der Waals surface area (Å²) in [5.74, 6) is 0.0185. The predicted molar refractivity (Wildman–Crippen MR) is 64.1 cm³/mol. The molecule has 2 aromatic heterocycles. The van der Waals surface area contributed by atoms with Crippen LogP contribution >= 0.6 is 0 Å². The molecule has 1 aliphatic heterocycles. The van der Waals surface area contributed by atoms with Crippen molar-refractivity contribution in [3.8, 4) is 0 Å². The molecule has 3 rings (SSSR count). The summed E-state index contributed by atoms with van der Waals surface area (Å²) in [5.41, 5.74) is 5.68. The van der Waals surface area contributed by atoms with Gasteiger partial charge in [-0.05, 0) is 0 Å². The molecule has 1 aliphatic rings. The van der Waals surface area contributed by atoms with E-state index in [0.29, 0.717) is 18.7 Å². The lowest BCUT2D eigenvalue weighted by Crippen LogP contribution is -2.32. The van der Waals surface area contributed by atoms with Crippen LogP contribution < -0.4 is 11.3 Å². The number of ether oxygens (including phenoxy) is 2. The SMILES string of the molecule is Nc1nc2c(ncn2[C@@H]2CCO[C@H](CO)O2)c(=O)[nH]1. The Morgan fingerprint density at radius 1 is 1.63 bits per heavy atom. The van der Waals surface area contributed by atoms with Crippen molar-refractivity contribution in [3.05, 3.63) is 16.7 Å². The molecule has 1 saturated heterocycles. The first kappa shape index (κ1) is 12.1. The van der Waals surface area contributed by atoms with Crippen molar-refractivity contribution >= 4 is 17.1 Å². The van der Waals surface area contributed by atoms with Crippen LogP contribution in [-0.2, 0) is 9.47 Å². The average Bonchev–Trinajstić information content (AvgIpc) is 2.82. The van der Waals surface area contributed by atoms with Gasteiger partial charge in [-0.3, -0.25) is 14.3 Å². The molecule has 1 fully saturated rings. The highest BCUT2D eigenvalue weighted by atomic mass is 16.7. The van der Waals surface area contributed by atoms with Gasteiger partial charge in [-0.1, -0.05) is 0 Å². The van der Waals surface area contributed by atoms with Crippen LogP contribution in [-0.4, -0.2) is 44.1 Å². The largest absolute Gasteiger partial charge is 0.391 e. The lowest BCUT2D eigenvalue weighted by Gasteiger charge is -2.29. The van der Waals surface area contributed by atoms with Crippen LogP contribution in [0.1, 0.15) is 12.6 Å². The van der Waals surface area contributed by atoms with E-state index in [4.69, 9.17) is 20.3 Å². The number of aliphatic hydroxyl groups is 1. The number of rotatable bonds is 2. The number of aromatic amines is 1. The van der Waals surface area contributed by atoms with E-state index in [9.17, 15) is 4.79 Å². The third kappa shape index (κ3) is 2.07. The summed E-state index contributed by atoms with van der Waals surface area (Å²) in [6.07, 6.45) is 0.952. The molecule has 9 heteroatoms. The summed E-state index contributed by atoms with van der Waals surface area (Å²) in [5, 5.41) is 9.04. The third-order valence-corrected chi connectivity index (χ3v) is 2.89. The first-order chi connectivity index (χ1) is 9.19. The Labute approximate surface area is 107 Å². The van der Waals surface area contributed by atoms with E-state index >= 15 is 0 Å². The fourth-order valence-corrected chi connectivity index (χ4v) is 2.04. The number of fused-ring (bicyclic) bond motifs is 1. The van der Waals surface area contributed by atoms with Crippen LogP contribution in [0.25, 0.3) is 11.2 Å². The van der Waals surface area contributed by atoms with Gasteiger partial charge >= 0.3 is 0 Å². The van der Waals surface area contributed by atoms with E-state index < -0.39 is 18.1 Å². The molecule has 9 nitrogen and oxygen atoms in total. The molecule has 0 saturated carbocycles. The van der Waals surface area contributed by atoms with Crippen LogP contribution in [0.4, 0.5) is 5.95 Å². The zero-order valence-corrected chi connectivity index (χ0v) is 9.94. The maximum absolute atomic E-state index is 11.7. The molecule has 19 heavy (non-hydrogen) atoms. The van der Waals surface area contributed by atoms with Gasteiger partial charge in [0.25, 0.3) is 5.56 Å². The fraction of sp³-hybridized carbons (Fsp3) is 0.500. The van der Waals surface area contributed by atoms with Gasteiger partial charge in [0.1, 0.15) is 6.23 Å². The Morgan fingerprint density at radius 2 is 2.47 bits per heavy atom. The monoisotopic (exact) mass is 267 g/mol. The Balaban J connectivity index is 2.03. The van der Waals surface area contributed by atoms with Gasteiger partial charge in [-0.15, -0.1) is 0 Å². The third-order valence-electron chi connectivity index (χ3n) is 2.89. The fourth-order valence-electron chi connectivity index (χ4n) is 2.04. The van der Waals surface area contributed by atoms with Crippen molar-refractivity contribution in [1.29, 1.82) is 0 Å². The molecule has 0 bridgehead atoms. The highest BCUT2D eigenvalue weighted by molar-refractivity contribution is 5.70. The highest BCUT2D eigenvalue weighted by Crippen LogP contribution is 2.24. The summed E-state index contributed by atoms with van der Waals surface area (Å²) in [6, 6.07) is 0. The van der Waals surface area contributed by atoms with Crippen molar-refractivity contribution < 1.29 is 14.6 Å². The van der Waals surface area contributed by atoms with Gasteiger partial charge in [-0.2, -0.15) is 4.98 Å². The van der Waals surface area contributed by atoms with Crippen molar-refractivity contribution in [2.45, 2.75) is 18.9 Å². The molecule has 0 amide bonds. The van der Waals surface area contributed by atoms with E-state index in [0.717, 1.165) is 0 Å². The quantitative estimate of drug-likeness (QED) is 0.633. The standard InChI is InChI=1S/C10H13N5O4/c11-10-13-8-7(9(17)14-10)12-4-15(8)5-1-2-18-6(3-16)19-5/h4-6,16H,1-3H2,(H3,11,13,14,17)/t5-,6-/m0/s1. The molecule has 102 valence electrons. The van der Waals surface area contributed by atoms with Gasteiger partial charge in [0.05, 0.1) is 19.5 Å². The second-order valence-corrected chi connectivity index (χ2v) is 4.14. The predicted octanol–water partition coefficient (Wildman–Crippen LogP) is -1.04. The molecule has 2 aromatic rings. The average molecular weight is 267 g/mol. The number of nitrogens with one attached hydrogen (secondary N) is 1. The van der Waals surface area contributed by atoms with E-state index in [2.05, 4.69) is 15.0 Å². The zero-order valence-electron chi connectivity index (χ0n) is 9.94. The highest BCUT2D eigenvalue weighted by Gasteiger charge is 2.25. The Kier molecular flexibility index (Phi) is 2.93.